The van der Waals surface area contributed by atoms with Gasteiger partial charge >= 0.3 is 0 Å². The molecule has 0 saturated heterocycles. The zero-order valence-corrected chi connectivity index (χ0v) is 7.82. The maximum Gasteiger partial charge on any atom is 0.115 e. The molecule has 10 heavy (non-hydrogen) atoms. The van der Waals surface area contributed by atoms with Crippen LogP contribution < -0.4 is 0 Å². The summed E-state index contributed by atoms with van der Waals surface area (Å²) < 4.78 is 0. The van der Waals surface area contributed by atoms with Gasteiger partial charge in [0.05, 0.1) is 0 Å². The summed E-state index contributed by atoms with van der Waals surface area (Å²) in [6.45, 7) is 2.14. The predicted octanol–water partition coefficient (Wildman–Crippen LogP) is 2.28. The van der Waals surface area contributed by atoms with Crippen LogP contribution in [0.4, 0.5) is 0 Å². The lowest BCUT2D eigenvalue weighted by atomic mass is 10.1. The van der Waals surface area contributed by atoms with Crippen molar-refractivity contribution in [2.75, 3.05) is 0 Å². The van der Waals surface area contributed by atoms with Crippen LogP contribution in [-0.2, 0) is 0 Å². The van der Waals surface area contributed by atoms with Gasteiger partial charge in [-0.3, -0.25) is 0 Å². The van der Waals surface area contributed by atoms with Crippen molar-refractivity contribution in [3.05, 3.63) is 0 Å². The number of aliphatic hydroxyl groups is 1. The maximum absolute atomic E-state index is 9.07. The van der Waals surface area contributed by atoms with Crippen molar-refractivity contribution in [2.24, 2.45) is 0 Å². The minimum atomic E-state index is -0.439. The molecule has 0 bridgehead atoms. The Labute approximate surface area is 71.0 Å². The van der Waals surface area contributed by atoms with Crippen LogP contribution in [0, 0.1) is 10.8 Å². The van der Waals surface area contributed by atoms with E-state index in [0.29, 0.717) is 0 Å². The highest BCUT2D eigenvalue weighted by Gasteiger charge is 1.96. The summed E-state index contributed by atoms with van der Waals surface area (Å²) in [6, 6.07) is 0. The highest BCUT2D eigenvalue weighted by Crippen LogP contribution is 2.02. The van der Waals surface area contributed by atoms with Gasteiger partial charge in [0.25, 0.3) is 0 Å². The Morgan fingerprint density at radius 3 is 2.70 bits per heavy atom. The van der Waals surface area contributed by atoms with E-state index in [4.69, 9.17) is 5.11 Å². The van der Waals surface area contributed by atoms with E-state index in [1.54, 1.807) is 0 Å². The Bertz CT molecular complexity index is 123. The highest BCUT2D eigenvalue weighted by molar-refractivity contribution is 9.12. The van der Waals surface area contributed by atoms with E-state index in [-0.39, 0.29) is 0 Å². The van der Waals surface area contributed by atoms with Crippen LogP contribution in [0.1, 0.15) is 32.6 Å². The van der Waals surface area contributed by atoms with Crippen LogP contribution in [0.3, 0.4) is 0 Å². The first-order valence-corrected chi connectivity index (χ1v) is 4.39. The average molecular weight is 205 g/mol. The van der Waals surface area contributed by atoms with Crippen molar-refractivity contribution in [1.29, 1.82) is 0 Å². The normalized spacial score (nSPS) is 11.9. The Morgan fingerprint density at radius 1 is 1.50 bits per heavy atom. The molecule has 58 valence electrons. The second kappa shape index (κ2) is 7.11. The summed E-state index contributed by atoms with van der Waals surface area (Å²) in [5.74, 6) is 2.63. The van der Waals surface area contributed by atoms with Crippen LogP contribution >= 0.6 is 15.9 Å². The van der Waals surface area contributed by atoms with Gasteiger partial charge < -0.3 is 5.11 Å². The molecule has 0 amide bonds. The fraction of sp³-hybridized carbons (Fsp3) is 0.750. The molecular weight excluding hydrogens is 192 g/mol. The molecule has 0 unspecified atom stereocenters. The molecule has 0 aliphatic heterocycles. The van der Waals surface area contributed by atoms with Crippen molar-refractivity contribution >= 4 is 15.9 Å². The molecule has 0 fully saturated rings. The minimum absolute atomic E-state index is 0.439. The van der Waals surface area contributed by atoms with E-state index in [2.05, 4.69) is 33.6 Å². The summed E-state index contributed by atoms with van der Waals surface area (Å²) in [4.78, 5) is 2.51. The van der Waals surface area contributed by atoms with Crippen LogP contribution in [0.15, 0.2) is 0 Å². The largest absolute Gasteiger partial charge is 0.380 e. The first-order chi connectivity index (χ1) is 4.81. The van der Waals surface area contributed by atoms with Crippen molar-refractivity contribution < 1.29 is 5.11 Å². The molecule has 0 aromatic rings. The third-order valence-electron chi connectivity index (χ3n) is 1.30. The van der Waals surface area contributed by atoms with E-state index in [1.807, 2.05) is 0 Å². The highest BCUT2D eigenvalue weighted by atomic mass is 79.9. The first-order valence-electron chi connectivity index (χ1n) is 3.60. The van der Waals surface area contributed by atoms with Gasteiger partial charge in [-0.05, 0) is 17.7 Å². The Morgan fingerprint density at radius 2 is 2.20 bits per heavy atom. The average Bonchev–Trinajstić information content (AvgIpc) is 1.89. The third-order valence-corrected chi connectivity index (χ3v) is 1.53. The zero-order chi connectivity index (χ0) is 7.82. The van der Waals surface area contributed by atoms with Crippen molar-refractivity contribution in [1.82, 2.24) is 0 Å². The molecule has 1 nitrogen and oxygen atoms in total. The second-order valence-corrected chi connectivity index (χ2v) is 2.65. The van der Waals surface area contributed by atoms with Gasteiger partial charge in [-0.15, -0.1) is 0 Å². The monoisotopic (exact) mass is 204 g/mol. The number of hydrogen-bond donors (Lipinski definition) is 1. The number of halogens is 1. The SMILES string of the molecule is CCCCC[C@H](O)C#CBr. The van der Waals surface area contributed by atoms with Gasteiger partial charge in [0.2, 0.25) is 0 Å². The van der Waals surface area contributed by atoms with E-state index in [0.717, 1.165) is 12.8 Å². The van der Waals surface area contributed by atoms with Gasteiger partial charge in [-0.1, -0.05) is 25.7 Å². The number of aliphatic hydroxyl groups excluding tert-OH is 1. The molecule has 0 heterocycles. The molecule has 0 aliphatic carbocycles. The van der Waals surface area contributed by atoms with Gasteiger partial charge in [0.15, 0.2) is 0 Å². The lowest BCUT2D eigenvalue weighted by Gasteiger charge is -1.99. The molecule has 0 radical (unpaired) electrons. The zero-order valence-electron chi connectivity index (χ0n) is 6.23. The minimum Gasteiger partial charge on any atom is -0.380 e. The second-order valence-electron chi connectivity index (χ2n) is 2.25. The topological polar surface area (TPSA) is 20.2 Å². The van der Waals surface area contributed by atoms with Crippen LogP contribution in [0.2, 0.25) is 0 Å². The van der Waals surface area contributed by atoms with Gasteiger partial charge in [0.1, 0.15) is 6.10 Å². The number of rotatable bonds is 4. The summed E-state index contributed by atoms with van der Waals surface area (Å²) in [5, 5.41) is 9.07. The molecule has 0 aliphatic rings. The Kier molecular flexibility index (Phi) is 7.11. The van der Waals surface area contributed by atoms with Gasteiger partial charge in [-0.2, -0.15) is 0 Å². The summed E-state index contributed by atoms with van der Waals surface area (Å²) in [7, 11) is 0. The number of unbranched alkanes of at least 4 members (excludes halogenated alkanes) is 2. The number of hydrogen-bond acceptors (Lipinski definition) is 1. The van der Waals surface area contributed by atoms with Crippen LogP contribution in [-0.4, -0.2) is 11.2 Å². The predicted molar refractivity (Wildman–Crippen MR) is 46.9 cm³/mol. The molecule has 0 saturated carbocycles. The van der Waals surface area contributed by atoms with Crippen molar-refractivity contribution in [2.45, 2.75) is 38.7 Å². The van der Waals surface area contributed by atoms with E-state index in [9.17, 15) is 0 Å². The molecule has 1 N–H and O–H groups in total. The van der Waals surface area contributed by atoms with Crippen molar-refractivity contribution in [3.8, 4) is 10.8 Å². The Hall–Kier alpha value is 0. The first kappa shape index (κ1) is 10.0. The maximum atomic E-state index is 9.07. The van der Waals surface area contributed by atoms with E-state index >= 15 is 0 Å². The summed E-state index contributed by atoms with van der Waals surface area (Å²) in [6.07, 6.45) is 3.80. The fourth-order valence-corrected chi connectivity index (χ4v) is 0.987. The van der Waals surface area contributed by atoms with Gasteiger partial charge in [-0.25, -0.2) is 0 Å². The lowest BCUT2D eigenvalue weighted by molar-refractivity contribution is 0.217. The smallest absolute Gasteiger partial charge is 0.115 e. The molecule has 0 rings (SSSR count). The third kappa shape index (κ3) is 6.12. The molecular formula is C8H13BrO. The van der Waals surface area contributed by atoms with Crippen molar-refractivity contribution in [3.63, 3.8) is 0 Å². The van der Waals surface area contributed by atoms with Crippen LogP contribution in [0.5, 0.6) is 0 Å². The molecule has 2 heteroatoms. The quantitative estimate of drug-likeness (QED) is 0.551. The molecule has 0 aromatic heterocycles. The summed E-state index contributed by atoms with van der Waals surface area (Å²) in [5.41, 5.74) is 0. The standard InChI is InChI=1S/C8H13BrO/c1-2-3-4-5-8(10)6-7-9/h8,10H,2-5H2,1H3/t8-/m0/s1. The van der Waals surface area contributed by atoms with E-state index < -0.39 is 6.10 Å². The molecule has 0 aromatic carbocycles. The van der Waals surface area contributed by atoms with Gasteiger partial charge in [0, 0.05) is 15.9 Å². The fourth-order valence-electron chi connectivity index (χ4n) is 0.723. The lowest BCUT2D eigenvalue weighted by Crippen LogP contribution is -2.01. The Balaban J connectivity index is 3.18. The van der Waals surface area contributed by atoms with Crippen LogP contribution in [0.25, 0.3) is 0 Å². The molecule has 1 atom stereocenters. The summed E-state index contributed by atoms with van der Waals surface area (Å²) >= 11 is 2.94. The molecule has 0 spiro atoms. The van der Waals surface area contributed by atoms with E-state index in [1.165, 1.54) is 12.8 Å².